The van der Waals surface area contributed by atoms with Crippen LogP contribution in [0.5, 0.6) is 0 Å². The normalized spacial score (nSPS) is 26.8. The topological polar surface area (TPSA) is 23.6 Å². The molecule has 2 rings (SSSR count). The second-order valence-corrected chi connectivity index (χ2v) is 5.72. The van der Waals surface area contributed by atoms with Gasteiger partial charge in [-0.15, -0.1) is 0 Å². The molecule has 0 N–H and O–H groups in total. The van der Waals surface area contributed by atoms with E-state index in [0.717, 1.165) is 39.0 Å². The molecule has 16 heavy (non-hydrogen) atoms. The molecule has 2 aliphatic rings. The molecule has 92 valence electrons. The monoisotopic (exact) mass is 224 g/mol. The van der Waals surface area contributed by atoms with Gasteiger partial charge in [0.15, 0.2) is 0 Å². The van der Waals surface area contributed by atoms with Gasteiger partial charge >= 0.3 is 0 Å². The van der Waals surface area contributed by atoms with Crippen molar-refractivity contribution in [2.24, 2.45) is 5.41 Å². The van der Waals surface area contributed by atoms with E-state index in [1.807, 2.05) is 0 Å². The SMILES string of the molecule is CN1CCN(C(=O)C2(C)CCCCC2)CC1. The minimum Gasteiger partial charge on any atom is -0.340 e. The highest BCUT2D eigenvalue weighted by molar-refractivity contribution is 5.82. The Hall–Kier alpha value is -0.570. The van der Waals surface area contributed by atoms with Crippen LogP contribution in [0.4, 0.5) is 0 Å². The van der Waals surface area contributed by atoms with Gasteiger partial charge in [0.1, 0.15) is 0 Å². The third-order valence-electron chi connectivity index (χ3n) is 4.26. The molecule has 1 heterocycles. The molecule has 3 nitrogen and oxygen atoms in total. The van der Waals surface area contributed by atoms with Crippen molar-refractivity contribution >= 4 is 5.91 Å². The first-order valence-corrected chi connectivity index (χ1v) is 6.60. The Morgan fingerprint density at radius 3 is 2.12 bits per heavy atom. The van der Waals surface area contributed by atoms with E-state index in [1.165, 1.54) is 19.3 Å². The van der Waals surface area contributed by atoms with Gasteiger partial charge in [0.2, 0.25) is 5.91 Å². The van der Waals surface area contributed by atoms with Crippen molar-refractivity contribution in [3.63, 3.8) is 0 Å². The van der Waals surface area contributed by atoms with Gasteiger partial charge in [-0.2, -0.15) is 0 Å². The average Bonchev–Trinajstić information content (AvgIpc) is 2.30. The lowest BCUT2D eigenvalue weighted by molar-refractivity contribution is -0.144. The highest BCUT2D eigenvalue weighted by Gasteiger charge is 2.38. The van der Waals surface area contributed by atoms with Crippen LogP contribution < -0.4 is 0 Å². The van der Waals surface area contributed by atoms with E-state index < -0.39 is 0 Å². The van der Waals surface area contributed by atoms with Gasteiger partial charge < -0.3 is 9.80 Å². The molecule has 2 fully saturated rings. The first-order valence-electron chi connectivity index (χ1n) is 6.60. The van der Waals surface area contributed by atoms with Crippen LogP contribution in [0, 0.1) is 5.41 Å². The van der Waals surface area contributed by atoms with E-state index in [4.69, 9.17) is 0 Å². The molecule has 1 amide bonds. The Balaban J connectivity index is 1.95. The summed E-state index contributed by atoms with van der Waals surface area (Å²) in [7, 11) is 2.13. The van der Waals surface area contributed by atoms with E-state index in [9.17, 15) is 4.79 Å². The van der Waals surface area contributed by atoms with Crippen molar-refractivity contribution in [3.8, 4) is 0 Å². The van der Waals surface area contributed by atoms with Crippen molar-refractivity contribution in [3.05, 3.63) is 0 Å². The van der Waals surface area contributed by atoms with Crippen LogP contribution in [0.15, 0.2) is 0 Å². The Morgan fingerprint density at radius 2 is 1.56 bits per heavy atom. The molecule has 0 aromatic rings. The van der Waals surface area contributed by atoms with E-state index >= 15 is 0 Å². The van der Waals surface area contributed by atoms with Crippen LogP contribution >= 0.6 is 0 Å². The molecular formula is C13H24N2O. The predicted octanol–water partition coefficient (Wildman–Crippen LogP) is 1.73. The van der Waals surface area contributed by atoms with Crippen molar-refractivity contribution in [1.29, 1.82) is 0 Å². The number of rotatable bonds is 1. The van der Waals surface area contributed by atoms with Crippen molar-refractivity contribution in [2.75, 3.05) is 33.2 Å². The highest BCUT2D eigenvalue weighted by Crippen LogP contribution is 2.37. The summed E-state index contributed by atoms with van der Waals surface area (Å²) in [5.74, 6) is 0.417. The van der Waals surface area contributed by atoms with Crippen LogP contribution in [-0.2, 0) is 4.79 Å². The summed E-state index contributed by atoms with van der Waals surface area (Å²) >= 11 is 0. The van der Waals surface area contributed by atoms with Gasteiger partial charge in [0, 0.05) is 31.6 Å². The second kappa shape index (κ2) is 4.74. The molecule has 0 radical (unpaired) electrons. The number of carbonyl (C=O) groups excluding carboxylic acids is 1. The molecule has 3 heteroatoms. The molecule has 1 aliphatic heterocycles. The molecule has 1 aliphatic carbocycles. The zero-order valence-electron chi connectivity index (χ0n) is 10.7. The van der Waals surface area contributed by atoms with E-state index in [2.05, 4.69) is 23.8 Å². The number of amides is 1. The fraction of sp³-hybridized carbons (Fsp3) is 0.923. The summed E-state index contributed by atoms with van der Waals surface area (Å²) in [6, 6.07) is 0. The fourth-order valence-corrected chi connectivity index (χ4v) is 2.94. The number of likely N-dealkylation sites (N-methyl/N-ethyl adjacent to an activating group) is 1. The van der Waals surface area contributed by atoms with Crippen LogP contribution in [0.25, 0.3) is 0 Å². The minimum absolute atomic E-state index is 0.0475. The van der Waals surface area contributed by atoms with Gasteiger partial charge in [-0.05, 0) is 19.9 Å². The quantitative estimate of drug-likeness (QED) is 0.677. The lowest BCUT2D eigenvalue weighted by Crippen LogP contribution is -2.52. The molecule has 0 aromatic heterocycles. The Bertz CT molecular complexity index is 251. The average molecular weight is 224 g/mol. The maximum Gasteiger partial charge on any atom is 0.228 e. The van der Waals surface area contributed by atoms with Crippen molar-refractivity contribution in [1.82, 2.24) is 9.80 Å². The first kappa shape index (κ1) is 11.9. The Kier molecular flexibility index (Phi) is 3.53. The molecule has 1 saturated heterocycles. The zero-order chi connectivity index (χ0) is 11.6. The number of piperazine rings is 1. The number of carbonyl (C=O) groups is 1. The molecule has 0 aromatic carbocycles. The molecule has 0 bridgehead atoms. The summed E-state index contributed by atoms with van der Waals surface area (Å²) in [6.07, 6.45) is 5.97. The Morgan fingerprint density at radius 1 is 1.00 bits per heavy atom. The van der Waals surface area contributed by atoms with Crippen molar-refractivity contribution in [2.45, 2.75) is 39.0 Å². The first-order chi connectivity index (χ1) is 7.62. The van der Waals surface area contributed by atoms with Crippen LogP contribution in [0.3, 0.4) is 0 Å². The van der Waals surface area contributed by atoms with Crippen LogP contribution in [-0.4, -0.2) is 48.9 Å². The second-order valence-electron chi connectivity index (χ2n) is 5.72. The third-order valence-corrected chi connectivity index (χ3v) is 4.26. The van der Waals surface area contributed by atoms with Gasteiger partial charge in [-0.1, -0.05) is 26.2 Å². The number of nitrogens with zero attached hydrogens (tertiary/aromatic N) is 2. The number of hydrogen-bond donors (Lipinski definition) is 0. The van der Waals surface area contributed by atoms with E-state index in [-0.39, 0.29) is 5.41 Å². The number of hydrogen-bond acceptors (Lipinski definition) is 2. The summed E-state index contributed by atoms with van der Waals surface area (Å²) in [5.41, 5.74) is -0.0475. The van der Waals surface area contributed by atoms with Crippen LogP contribution in [0.1, 0.15) is 39.0 Å². The third kappa shape index (κ3) is 2.40. The minimum atomic E-state index is -0.0475. The maximum absolute atomic E-state index is 12.5. The largest absolute Gasteiger partial charge is 0.340 e. The van der Waals surface area contributed by atoms with Crippen molar-refractivity contribution < 1.29 is 4.79 Å². The van der Waals surface area contributed by atoms with Gasteiger partial charge in [-0.25, -0.2) is 0 Å². The molecular weight excluding hydrogens is 200 g/mol. The fourth-order valence-electron chi connectivity index (χ4n) is 2.94. The van der Waals surface area contributed by atoms with Gasteiger partial charge in [0.25, 0.3) is 0 Å². The van der Waals surface area contributed by atoms with E-state index in [1.54, 1.807) is 0 Å². The lowest BCUT2D eigenvalue weighted by atomic mass is 9.74. The molecule has 0 unspecified atom stereocenters. The smallest absolute Gasteiger partial charge is 0.228 e. The Labute approximate surface area is 98.8 Å². The molecule has 1 saturated carbocycles. The molecule has 0 atom stereocenters. The lowest BCUT2D eigenvalue weighted by Gasteiger charge is -2.40. The van der Waals surface area contributed by atoms with E-state index in [0.29, 0.717) is 5.91 Å². The van der Waals surface area contributed by atoms with Crippen LogP contribution in [0.2, 0.25) is 0 Å². The predicted molar refractivity (Wildman–Crippen MR) is 65.3 cm³/mol. The summed E-state index contributed by atoms with van der Waals surface area (Å²) in [5, 5.41) is 0. The zero-order valence-corrected chi connectivity index (χ0v) is 10.7. The summed E-state index contributed by atoms with van der Waals surface area (Å²) < 4.78 is 0. The summed E-state index contributed by atoms with van der Waals surface area (Å²) in [4.78, 5) is 16.9. The van der Waals surface area contributed by atoms with Gasteiger partial charge in [0.05, 0.1) is 0 Å². The highest BCUT2D eigenvalue weighted by atomic mass is 16.2. The summed E-state index contributed by atoms with van der Waals surface area (Å²) in [6.45, 7) is 6.08. The standard InChI is InChI=1S/C13H24N2O/c1-13(6-4-3-5-7-13)12(16)15-10-8-14(2)9-11-15/h3-11H2,1-2H3. The maximum atomic E-state index is 12.5. The van der Waals surface area contributed by atoms with Gasteiger partial charge in [-0.3, -0.25) is 4.79 Å². The molecule has 0 spiro atoms.